The quantitative estimate of drug-likeness (QED) is 0.460. The molecule has 30 heavy (non-hydrogen) atoms. The fourth-order valence-electron chi connectivity index (χ4n) is 3.84. The third kappa shape index (κ3) is 3.65. The standard InChI is InChI=1S/C25H26N2O2S/c1-16-12-17(2)14-20(13-16)27-23(28)22-21(10-11-30-22)26(24(27)29)15-18-6-8-19(9-7-18)25(3,4)5/h6-14H,15H2,1-5H3. The summed E-state index contributed by atoms with van der Waals surface area (Å²) >= 11 is 1.38. The first-order chi connectivity index (χ1) is 14.1. The van der Waals surface area contributed by atoms with Gasteiger partial charge in [-0.3, -0.25) is 9.36 Å². The minimum absolute atomic E-state index is 0.0756. The van der Waals surface area contributed by atoms with Gasteiger partial charge in [-0.2, -0.15) is 0 Å². The molecule has 4 aromatic rings. The maximum absolute atomic E-state index is 13.5. The number of aromatic nitrogens is 2. The Bertz CT molecular complexity index is 1330. The van der Waals surface area contributed by atoms with Crippen LogP contribution < -0.4 is 11.2 Å². The average Bonchev–Trinajstić information content (AvgIpc) is 3.14. The average molecular weight is 419 g/mol. The van der Waals surface area contributed by atoms with Crippen LogP contribution in [0.3, 0.4) is 0 Å². The van der Waals surface area contributed by atoms with Crippen molar-refractivity contribution >= 4 is 21.6 Å². The minimum atomic E-state index is -0.309. The lowest BCUT2D eigenvalue weighted by atomic mass is 9.87. The molecule has 0 aliphatic carbocycles. The highest BCUT2D eigenvalue weighted by Crippen LogP contribution is 2.23. The van der Waals surface area contributed by atoms with Gasteiger partial charge in [-0.05, 0) is 65.1 Å². The zero-order valence-corrected chi connectivity index (χ0v) is 18.8. The lowest BCUT2D eigenvalue weighted by molar-refractivity contribution is 0.589. The summed E-state index contributed by atoms with van der Waals surface area (Å²) in [5, 5.41) is 1.87. The maximum atomic E-state index is 13.5. The number of hydrogen-bond donors (Lipinski definition) is 0. The Morgan fingerprint density at radius 1 is 0.900 bits per heavy atom. The predicted molar refractivity (Wildman–Crippen MR) is 125 cm³/mol. The summed E-state index contributed by atoms with van der Waals surface area (Å²) in [7, 11) is 0. The molecule has 4 nitrogen and oxygen atoms in total. The SMILES string of the molecule is Cc1cc(C)cc(-n2c(=O)c3sccc3n(Cc3ccc(C(C)(C)C)cc3)c2=O)c1. The predicted octanol–water partition coefficient (Wildman–Crippen LogP) is 5.18. The van der Waals surface area contributed by atoms with E-state index in [4.69, 9.17) is 0 Å². The van der Waals surface area contributed by atoms with E-state index in [-0.39, 0.29) is 16.7 Å². The third-order valence-corrected chi connectivity index (χ3v) is 6.27. The molecule has 154 valence electrons. The molecule has 0 saturated carbocycles. The van der Waals surface area contributed by atoms with Crippen LogP contribution in [-0.2, 0) is 12.0 Å². The van der Waals surface area contributed by atoms with Crippen molar-refractivity contribution in [1.29, 1.82) is 0 Å². The lowest BCUT2D eigenvalue weighted by Gasteiger charge is -2.19. The second kappa shape index (κ2) is 7.40. The highest BCUT2D eigenvalue weighted by molar-refractivity contribution is 7.17. The number of thiophene rings is 1. The van der Waals surface area contributed by atoms with Gasteiger partial charge in [0.05, 0.1) is 17.7 Å². The van der Waals surface area contributed by atoms with Gasteiger partial charge in [0.1, 0.15) is 4.70 Å². The smallest absolute Gasteiger partial charge is 0.288 e. The van der Waals surface area contributed by atoms with E-state index in [1.165, 1.54) is 21.5 Å². The Kier molecular flexibility index (Phi) is 5.02. The Morgan fingerprint density at radius 2 is 1.53 bits per heavy atom. The van der Waals surface area contributed by atoms with Crippen LogP contribution in [0.5, 0.6) is 0 Å². The monoisotopic (exact) mass is 418 g/mol. The first-order valence-electron chi connectivity index (χ1n) is 10.1. The summed E-state index contributed by atoms with van der Waals surface area (Å²) in [4.78, 5) is 26.6. The molecule has 0 spiro atoms. The van der Waals surface area contributed by atoms with Crippen LogP contribution in [0.4, 0.5) is 0 Å². The van der Waals surface area contributed by atoms with E-state index in [0.29, 0.717) is 22.4 Å². The number of benzene rings is 2. The Hall–Kier alpha value is -2.92. The van der Waals surface area contributed by atoms with Crippen LogP contribution in [0.15, 0.2) is 63.5 Å². The number of fused-ring (bicyclic) bond motifs is 1. The molecular weight excluding hydrogens is 392 g/mol. The maximum Gasteiger partial charge on any atom is 0.336 e. The molecule has 0 saturated heterocycles. The van der Waals surface area contributed by atoms with Crippen molar-refractivity contribution in [3.8, 4) is 5.69 Å². The van der Waals surface area contributed by atoms with Crippen LogP contribution >= 0.6 is 11.3 Å². The summed E-state index contributed by atoms with van der Waals surface area (Å²) in [5.41, 5.74) is 5.14. The topological polar surface area (TPSA) is 44.0 Å². The molecule has 2 heterocycles. The van der Waals surface area contributed by atoms with Gasteiger partial charge in [0.2, 0.25) is 0 Å². The minimum Gasteiger partial charge on any atom is -0.288 e. The summed E-state index contributed by atoms with van der Waals surface area (Å²) < 4.78 is 3.61. The van der Waals surface area contributed by atoms with E-state index in [0.717, 1.165) is 16.7 Å². The molecule has 0 N–H and O–H groups in total. The van der Waals surface area contributed by atoms with Crippen molar-refractivity contribution in [2.45, 2.75) is 46.6 Å². The van der Waals surface area contributed by atoms with Crippen LogP contribution in [-0.4, -0.2) is 9.13 Å². The summed E-state index contributed by atoms with van der Waals surface area (Å²) in [6, 6.07) is 16.0. The van der Waals surface area contributed by atoms with Crippen molar-refractivity contribution < 1.29 is 0 Å². The molecule has 0 amide bonds. The van der Waals surface area contributed by atoms with Crippen molar-refractivity contribution in [2.24, 2.45) is 0 Å². The van der Waals surface area contributed by atoms with Gasteiger partial charge >= 0.3 is 5.69 Å². The van der Waals surface area contributed by atoms with Gasteiger partial charge in [-0.25, -0.2) is 9.36 Å². The molecule has 0 aliphatic rings. The second-order valence-electron chi connectivity index (χ2n) is 8.94. The second-order valence-corrected chi connectivity index (χ2v) is 9.85. The molecule has 0 atom stereocenters. The largest absolute Gasteiger partial charge is 0.336 e. The highest BCUT2D eigenvalue weighted by atomic mass is 32.1. The van der Waals surface area contributed by atoms with E-state index in [1.807, 2.05) is 43.5 Å². The zero-order valence-electron chi connectivity index (χ0n) is 18.0. The van der Waals surface area contributed by atoms with Crippen LogP contribution in [0.2, 0.25) is 0 Å². The van der Waals surface area contributed by atoms with Crippen molar-refractivity contribution in [2.75, 3.05) is 0 Å². The van der Waals surface area contributed by atoms with Gasteiger partial charge < -0.3 is 0 Å². The molecule has 0 radical (unpaired) electrons. The Balaban J connectivity index is 1.89. The van der Waals surface area contributed by atoms with E-state index in [9.17, 15) is 9.59 Å². The zero-order chi connectivity index (χ0) is 21.6. The van der Waals surface area contributed by atoms with Crippen LogP contribution in [0.25, 0.3) is 15.9 Å². The first-order valence-corrected chi connectivity index (χ1v) is 10.9. The molecule has 5 heteroatoms. The Labute approximate surface area is 180 Å². The molecule has 0 fully saturated rings. The lowest BCUT2D eigenvalue weighted by Crippen LogP contribution is -2.38. The number of hydrogen-bond acceptors (Lipinski definition) is 3. The normalized spacial score (nSPS) is 11.9. The third-order valence-electron chi connectivity index (χ3n) is 5.38. The molecule has 0 bridgehead atoms. The van der Waals surface area contributed by atoms with Gasteiger partial charge in [0, 0.05) is 0 Å². The van der Waals surface area contributed by atoms with Gasteiger partial charge in [0.25, 0.3) is 5.56 Å². The van der Waals surface area contributed by atoms with E-state index < -0.39 is 0 Å². The molecule has 2 aromatic heterocycles. The molecule has 0 aliphatic heterocycles. The van der Waals surface area contributed by atoms with Crippen molar-refractivity contribution in [1.82, 2.24) is 9.13 Å². The van der Waals surface area contributed by atoms with Crippen molar-refractivity contribution in [3.63, 3.8) is 0 Å². The molecule has 4 rings (SSSR count). The summed E-state index contributed by atoms with van der Waals surface area (Å²) in [6.07, 6.45) is 0. The van der Waals surface area contributed by atoms with E-state index in [2.05, 4.69) is 45.0 Å². The first kappa shape index (κ1) is 20.4. The molecular formula is C25H26N2O2S. The van der Waals surface area contributed by atoms with Crippen LogP contribution in [0, 0.1) is 13.8 Å². The number of nitrogens with zero attached hydrogens (tertiary/aromatic N) is 2. The molecule has 2 aromatic carbocycles. The van der Waals surface area contributed by atoms with Gasteiger partial charge in [-0.15, -0.1) is 11.3 Å². The Morgan fingerprint density at radius 3 is 2.13 bits per heavy atom. The van der Waals surface area contributed by atoms with Gasteiger partial charge in [-0.1, -0.05) is 51.1 Å². The number of aryl methyl sites for hydroxylation is 2. The highest BCUT2D eigenvalue weighted by Gasteiger charge is 2.17. The van der Waals surface area contributed by atoms with E-state index in [1.54, 1.807) is 4.57 Å². The van der Waals surface area contributed by atoms with Gasteiger partial charge in [0.15, 0.2) is 0 Å². The van der Waals surface area contributed by atoms with E-state index >= 15 is 0 Å². The summed E-state index contributed by atoms with van der Waals surface area (Å²) in [5.74, 6) is 0. The fourth-order valence-corrected chi connectivity index (χ4v) is 4.66. The number of rotatable bonds is 3. The molecule has 0 unspecified atom stereocenters. The summed E-state index contributed by atoms with van der Waals surface area (Å²) in [6.45, 7) is 10.9. The van der Waals surface area contributed by atoms with Crippen molar-refractivity contribution in [3.05, 3.63) is 97.0 Å². The van der Waals surface area contributed by atoms with Crippen LogP contribution in [0.1, 0.15) is 43.0 Å². The fraction of sp³-hybridized carbons (Fsp3) is 0.280.